The number of rotatable bonds is 4. The Morgan fingerprint density at radius 3 is 3.11 bits per heavy atom. The molecule has 1 aromatic heterocycles. The second kappa shape index (κ2) is 7.31. The van der Waals surface area contributed by atoms with E-state index in [4.69, 9.17) is 10.5 Å². The molecule has 0 spiro atoms. The van der Waals surface area contributed by atoms with Crippen molar-refractivity contribution in [2.24, 2.45) is 5.73 Å². The summed E-state index contributed by atoms with van der Waals surface area (Å²) in [5, 5.41) is 2.86. The summed E-state index contributed by atoms with van der Waals surface area (Å²) in [4.78, 5) is 15.9. The van der Waals surface area contributed by atoms with Crippen LogP contribution in [0.4, 0.5) is 0 Å². The van der Waals surface area contributed by atoms with Gasteiger partial charge in [-0.1, -0.05) is 0 Å². The van der Waals surface area contributed by atoms with Crippen molar-refractivity contribution in [3.05, 3.63) is 29.6 Å². The predicted octanol–water partition coefficient (Wildman–Crippen LogP) is 0.871. The summed E-state index contributed by atoms with van der Waals surface area (Å²) in [7, 11) is 0. The van der Waals surface area contributed by atoms with Gasteiger partial charge >= 0.3 is 0 Å². The summed E-state index contributed by atoms with van der Waals surface area (Å²) in [5.74, 6) is -0.0994. The molecule has 18 heavy (non-hydrogen) atoms. The molecule has 1 unspecified atom stereocenters. The summed E-state index contributed by atoms with van der Waals surface area (Å²) in [6.07, 6.45) is 3.86. The first kappa shape index (κ1) is 14.9. The Bertz CT molecular complexity index is 395. The lowest BCUT2D eigenvalue weighted by molar-refractivity contribution is 0.0857. The molecular formula is C12H18ClN3O2. The molecule has 1 amide bonds. The van der Waals surface area contributed by atoms with E-state index in [-0.39, 0.29) is 24.4 Å². The zero-order valence-corrected chi connectivity index (χ0v) is 10.9. The molecule has 0 saturated carbocycles. The van der Waals surface area contributed by atoms with Crippen LogP contribution in [0.3, 0.4) is 0 Å². The number of carbonyl (C=O) groups excluding carboxylic acids is 1. The molecule has 5 nitrogen and oxygen atoms in total. The average molecular weight is 272 g/mol. The molecule has 100 valence electrons. The molecule has 0 aromatic carbocycles. The fraction of sp³-hybridized carbons (Fsp3) is 0.500. The number of nitrogens with two attached hydrogens (primary N) is 1. The van der Waals surface area contributed by atoms with E-state index in [1.165, 1.54) is 0 Å². The largest absolute Gasteiger partial charge is 0.376 e. The van der Waals surface area contributed by atoms with Crippen molar-refractivity contribution < 1.29 is 9.53 Å². The lowest BCUT2D eigenvalue weighted by Crippen LogP contribution is -2.31. The van der Waals surface area contributed by atoms with E-state index in [0.29, 0.717) is 18.7 Å². The van der Waals surface area contributed by atoms with Gasteiger partial charge in [-0.2, -0.15) is 0 Å². The minimum absolute atomic E-state index is 0. The summed E-state index contributed by atoms with van der Waals surface area (Å²) in [6.45, 7) is 1.71. The van der Waals surface area contributed by atoms with Crippen molar-refractivity contribution in [1.82, 2.24) is 10.3 Å². The number of nitrogens with zero attached hydrogens (tertiary/aromatic N) is 1. The topological polar surface area (TPSA) is 77.2 Å². The van der Waals surface area contributed by atoms with Gasteiger partial charge < -0.3 is 15.8 Å². The van der Waals surface area contributed by atoms with Gasteiger partial charge in [0.15, 0.2) is 0 Å². The molecule has 1 aliphatic rings. The van der Waals surface area contributed by atoms with Crippen molar-refractivity contribution in [2.75, 3.05) is 13.2 Å². The second-order valence-electron chi connectivity index (χ2n) is 4.09. The summed E-state index contributed by atoms with van der Waals surface area (Å²) in [6, 6.07) is 3.40. The second-order valence-corrected chi connectivity index (χ2v) is 4.09. The number of hydrogen-bond acceptors (Lipinski definition) is 4. The van der Waals surface area contributed by atoms with Crippen molar-refractivity contribution in [2.45, 2.75) is 25.5 Å². The maximum Gasteiger partial charge on any atom is 0.251 e. The van der Waals surface area contributed by atoms with Gasteiger partial charge in [-0.25, -0.2) is 0 Å². The van der Waals surface area contributed by atoms with Crippen LogP contribution in [0.25, 0.3) is 0 Å². The normalized spacial score (nSPS) is 18.2. The average Bonchev–Trinajstić information content (AvgIpc) is 2.89. The van der Waals surface area contributed by atoms with E-state index in [1.807, 2.05) is 0 Å². The molecule has 1 atom stereocenters. The van der Waals surface area contributed by atoms with Gasteiger partial charge in [-0.3, -0.25) is 9.78 Å². The summed E-state index contributed by atoms with van der Waals surface area (Å²) < 4.78 is 5.44. The molecule has 6 heteroatoms. The van der Waals surface area contributed by atoms with Gasteiger partial charge in [0.2, 0.25) is 0 Å². The molecule has 2 heterocycles. The number of amides is 1. The number of pyridine rings is 1. The number of carbonyl (C=O) groups is 1. The number of nitrogens with one attached hydrogen (secondary N) is 1. The van der Waals surface area contributed by atoms with Crippen LogP contribution in [0.5, 0.6) is 0 Å². The summed E-state index contributed by atoms with van der Waals surface area (Å²) in [5.41, 5.74) is 6.79. The van der Waals surface area contributed by atoms with E-state index in [0.717, 1.165) is 25.1 Å². The monoisotopic (exact) mass is 271 g/mol. The number of hydrogen-bond donors (Lipinski definition) is 2. The van der Waals surface area contributed by atoms with Gasteiger partial charge in [-0.15, -0.1) is 12.4 Å². The predicted molar refractivity (Wildman–Crippen MR) is 70.7 cm³/mol. The van der Waals surface area contributed by atoms with E-state index in [9.17, 15) is 4.79 Å². The highest BCUT2D eigenvalue weighted by molar-refractivity contribution is 5.94. The maximum absolute atomic E-state index is 11.8. The molecule has 1 aromatic rings. The van der Waals surface area contributed by atoms with Gasteiger partial charge in [-0.05, 0) is 25.0 Å². The van der Waals surface area contributed by atoms with Crippen LogP contribution < -0.4 is 11.1 Å². The fourth-order valence-corrected chi connectivity index (χ4v) is 1.84. The zero-order chi connectivity index (χ0) is 12.1. The van der Waals surface area contributed by atoms with Crippen LogP contribution in [0.1, 0.15) is 28.9 Å². The third-order valence-corrected chi connectivity index (χ3v) is 2.80. The van der Waals surface area contributed by atoms with Crippen LogP contribution >= 0.6 is 12.4 Å². The van der Waals surface area contributed by atoms with Gasteiger partial charge in [0.1, 0.15) is 0 Å². The minimum Gasteiger partial charge on any atom is -0.376 e. The van der Waals surface area contributed by atoms with Crippen LogP contribution in [0, 0.1) is 0 Å². The van der Waals surface area contributed by atoms with Crippen molar-refractivity contribution in [3.8, 4) is 0 Å². The van der Waals surface area contributed by atoms with Gasteiger partial charge in [0.05, 0.1) is 11.8 Å². The van der Waals surface area contributed by atoms with E-state index in [2.05, 4.69) is 10.3 Å². The highest BCUT2D eigenvalue weighted by Crippen LogP contribution is 2.11. The third-order valence-electron chi connectivity index (χ3n) is 2.80. The number of aromatic nitrogens is 1. The van der Waals surface area contributed by atoms with E-state index >= 15 is 0 Å². The van der Waals surface area contributed by atoms with Crippen LogP contribution in [-0.2, 0) is 11.3 Å². The smallest absolute Gasteiger partial charge is 0.251 e. The fourth-order valence-electron chi connectivity index (χ4n) is 1.84. The van der Waals surface area contributed by atoms with Crippen LogP contribution in [-0.4, -0.2) is 30.1 Å². The Balaban J connectivity index is 0.00000162. The molecule has 0 bridgehead atoms. The number of ether oxygens (including phenoxy) is 1. The Kier molecular flexibility index (Phi) is 6.04. The molecule has 3 N–H and O–H groups in total. The van der Waals surface area contributed by atoms with Crippen LogP contribution in [0.15, 0.2) is 18.3 Å². The van der Waals surface area contributed by atoms with E-state index in [1.54, 1.807) is 18.3 Å². The lowest BCUT2D eigenvalue weighted by Gasteiger charge is -2.10. The van der Waals surface area contributed by atoms with Crippen molar-refractivity contribution in [3.63, 3.8) is 0 Å². The molecule has 1 fully saturated rings. The molecule has 1 aliphatic heterocycles. The van der Waals surface area contributed by atoms with Crippen molar-refractivity contribution >= 4 is 18.3 Å². The highest BCUT2D eigenvalue weighted by atomic mass is 35.5. The summed E-state index contributed by atoms with van der Waals surface area (Å²) >= 11 is 0. The standard InChI is InChI=1S/C12H17N3O2.ClH/c13-7-10-6-9(3-4-14-10)12(16)15-8-11-2-1-5-17-11;/h3-4,6,11H,1-2,5,7-8,13H2,(H,15,16);1H. The lowest BCUT2D eigenvalue weighted by atomic mass is 10.2. The molecule has 0 aliphatic carbocycles. The SMILES string of the molecule is Cl.NCc1cc(C(=O)NCC2CCCO2)ccn1. The van der Waals surface area contributed by atoms with E-state index < -0.39 is 0 Å². The third kappa shape index (κ3) is 3.94. The Morgan fingerprint density at radius 2 is 2.44 bits per heavy atom. The minimum atomic E-state index is -0.0994. The Labute approximate surface area is 113 Å². The molecule has 0 radical (unpaired) electrons. The maximum atomic E-state index is 11.8. The zero-order valence-electron chi connectivity index (χ0n) is 10.1. The molecule has 1 saturated heterocycles. The van der Waals surface area contributed by atoms with Gasteiger partial charge in [0, 0.05) is 31.5 Å². The number of halogens is 1. The van der Waals surface area contributed by atoms with Gasteiger partial charge in [0.25, 0.3) is 5.91 Å². The van der Waals surface area contributed by atoms with Crippen molar-refractivity contribution in [1.29, 1.82) is 0 Å². The molecule has 2 rings (SSSR count). The first-order valence-corrected chi connectivity index (χ1v) is 5.84. The Morgan fingerprint density at radius 1 is 1.61 bits per heavy atom. The first-order valence-electron chi connectivity index (χ1n) is 5.84. The van der Waals surface area contributed by atoms with Crippen LogP contribution in [0.2, 0.25) is 0 Å². The highest BCUT2D eigenvalue weighted by Gasteiger charge is 2.16. The first-order chi connectivity index (χ1) is 8.29. The molecular weight excluding hydrogens is 254 g/mol. The quantitative estimate of drug-likeness (QED) is 0.852. The Hall–Kier alpha value is -1.17.